The molecule has 0 aliphatic rings. The number of nitro groups is 1. The molecule has 1 aromatic carbocycles. The molecule has 112 valence electrons. The Bertz CT molecular complexity index is 667. The number of benzene rings is 1. The number of aryl methyl sites for hydroxylation is 2. The van der Waals surface area contributed by atoms with Crippen LogP contribution in [0.25, 0.3) is 0 Å². The maximum Gasteiger partial charge on any atom is 0.269 e. The molecule has 1 atom stereocenters. The fraction of sp³-hybridized carbons (Fsp3) is 0.333. The molecule has 2 rings (SSSR count). The van der Waals surface area contributed by atoms with Gasteiger partial charge in [0.2, 0.25) is 0 Å². The van der Waals surface area contributed by atoms with Crippen molar-refractivity contribution in [3.8, 4) is 0 Å². The Kier molecular flexibility index (Phi) is 4.65. The molecule has 0 aliphatic heterocycles. The van der Waals surface area contributed by atoms with Crippen LogP contribution in [-0.2, 0) is 6.54 Å². The van der Waals surface area contributed by atoms with Crippen LogP contribution in [0.2, 0.25) is 5.02 Å². The van der Waals surface area contributed by atoms with Crippen molar-refractivity contribution < 1.29 is 9.34 Å². The van der Waals surface area contributed by atoms with Gasteiger partial charge in [-0.25, -0.2) is 0 Å². The second kappa shape index (κ2) is 6.28. The number of non-ortho nitro benzene ring substituents is 1. The lowest BCUT2D eigenvalue weighted by atomic mass is 10.1. The van der Waals surface area contributed by atoms with Crippen LogP contribution in [0.15, 0.2) is 28.7 Å². The van der Waals surface area contributed by atoms with Crippen LogP contribution in [0.4, 0.5) is 5.69 Å². The molecule has 0 radical (unpaired) electrons. The normalized spacial score (nSPS) is 12.4. The molecule has 1 heterocycles. The molecule has 5 nitrogen and oxygen atoms in total. The van der Waals surface area contributed by atoms with Gasteiger partial charge in [0.25, 0.3) is 5.69 Å². The van der Waals surface area contributed by atoms with Gasteiger partial charge in [0.05, 0.1) is 4.92 Å². The molecule has 0 bridgehead atoms. The minimum absolute atomic E-state index is 0.0409. The minimum atomic E-state index is -0.424. The van der Waals surface area contributed by atoms with Crippen molar-refractivity contribution >= 4 is 17.3 Å². The van der Waals surface area contributed by atoms with Crippen molar-refractivity contribution in [3.63, 3.8) is 0 Å². The highest BCUT2D eigenvalue weighted by Crippen LogP contribution is 2.24. The zero-order chi connectivity index (χ0) is 15.6. The Labute approximate surface area is 128 Å². The number of nitrogens with one attached hydrogen (secondary N) is 1. The summed E-state index contributed by atoms with van der Waals surface area (Å²) in [6.07, 6.45) is 0. The quantitative estimate of drug-likeness (QED) is 0.660. The van der Waals surface area contributed by atoms with E-state index in [1.165, 1.54) is 12.1 Å². The molecular weight excluding hydrogens is 292 g/mol. The largest absolute Gasteiger partial charge is 0.466 e. The third-order valence-corrected chi connectivity index (χ3v) is 3.75. The van der Waals surface area contributed by atoms with Crippen LogP contribution in [-0.4, -0.2) is 4.92 Å². The fourth-order valence-electron chi connectivity index (χ4n) is 2.26. The van der Waals surface area contributed by atoms with Crippen LogP contribution < -0.4 is 5.32 Å². The van der Waals surface area contributed by atoms with E-state index >= 15 is 0 Å². The van der Waals surface area contributed by atoms with Crippen LogP contribution in [0.1, 0.15) is 35.6 Å². The molecule has 1 aromatic heterocycles. The minimum Gasteiger partial charge on any atom is -0.466 e. The molecule has 0 saturated heterocycles. The van der Waals surface area contributed by atoms with Gasteiger partial charge in [-0.05, 0) is 38.5 Å². The van der Waals surface area contributed by atoms with Crippen molar-refractivity contribution in [2.24, 2.45) is 0 Å². The first-order valence-electron chi connectivity index (χ1n) is 6.61. The Morgan fingerprint density at radius 2 is 2.10 bits per heavy atom. The van der Waals surface area contributed by atoms with Gasteiger partial charge in [-0.15, -0.1) is 0 Å². The third-order valence-electron chi connectivity index (χ3n) is 3.38. The second-order valence-electron chi connectivity index (χ2n) is 5.00. The Hall–Kier alpha value is -1.85. The van der Waals surface area contributed by atoms with E-state index in [4.69, 9.17) is 16.0 Å². The van der Waals surface area contributed by atoms with E-state index in [0.717, 1.165) is 17.1 Å². The lowest BCUT2D eigenvalue weighted by Gasteiger charge is -2.14. The summed E-state index contributed by atoms with van der Waals surface area (Å²) in [5.74, 6) is 1.74. The van der Waals surface area contributed by atoms with Gasteiger partial charge in [-0.1, -0.05) is 11.6 Å². The maximum absolute atomic E-state index is 10.8. The summed E-state index contributed by atoms with van der Waals surface area (Å²) >= 11 is 6.08. The topological polar surface area (TPSA) is 68.3 Å². The lowest BCUT2D eigenvalue weighted by molar-refractivity contribution is -0.384. The number of nitro benzene ring substituents is 1. The maximum atomic E-state index is 10.8. The summed E-state index contributed by atoms with van der Waals surface area (Å²) in [7, 11) is 0. The van der Waals surface area contributed by atoms with E-state index in [-0.39, 0.29) is 11.7 Å². The predicted molar refractivity (Wildman–Crippen MR) is 81.5 cm³/mol. The second-order valence-corrected chi connectivity index (χ2v) is 5.41. The van der Waals surface area contributed by atoms with E-state index in [2.05, 4.69) is 5.32 Å². The Balaban J connectivity index is 2.11. The van der Waals surface area contributed by atoms with Crippen molar-refractivity contribution in [1.82, 2.24) is 5.32 Å². The monoisotopic (exact) mass is 308 g/mol. The predicted octanol–water partition coefficient (Wildman–Crippen LogP) is 4.31. The van der Waals surface area contributed by atoms with Gasteiger partial charge in [-0.3, -0.25) is 10.1 Å². The highest BCUT2D eigenvalue weighted by molar-refractivity contribution is 6.31. The molecule has 0 fully saturated rings. The molecule has 21 heavy (non-hydrogen) atoms. The van der Waals surface area contributed by atoms with Gasteiger partial charge in [0.15, 0.2) is 0 Å². The molecule has 2 aromatic rings. The van der Waals surface area contributed by atoms with Crippen LogP contribution in [0.3, 0.4) is 0 Å². The molecule has 6 heteroatoms. The molecule has 1 unspecified atom stereocenters. The molecule has 0 aliphatic carbocycles. The first kappa shape index (κ1) is 15.5. The van der Waals surface area contributed by atoms with Gasteiger partial charge < -0.3 is 9.73 Å². The summed E-state index contributed by atoms with van der Waals surface area (Å²) < 4.78 is 5.51. The standard InChI is InChI=1S/C15H17ClN2O3/c1-9-6-14(11(3)21-9)10(2)17-8-12-7-13(18(19)20)4-5-15(12)16/h4-7,10,17H,8H2,1-3H3. The van der Waals surface area contributed by atoms with Crippen LogP contribution in [0.5, 0.6) is 0 Å². The lowest BCUT2D eigenvalue weighted by Crippen LogP contribution is -2.18. The number of furan rings is 1. The average Bonchev–Trinajstić information content (AvgIpc) is 2.76. The molecule has 0 amide bonds. The van der Waals surface area contributed by atoms with Crippen molar-refractivity contribution in [2.45, 2.75) is 33.4 Å². The van der Waals surface area contributed by atoms with E-state index < -0.39 is 4.92 Å². The van der Waals surface area contributed by atoms with Gasteiger partial charge in [-0.2, -0.15) is 0 Å². The highest BCUT2D eigenvalue weighted by atomic mass is 35.5. The average molecular weight is 309 g/mol. The molecule has 0 spiro atoms. The van der Waals surface area contributed by atoms with Crippen molar-refractivity contribution in [3.05, 3.63) is 62.0 Å². The number of halogens is 1. The van der Waals surface area contributed by atoms with E-state index in [9.17, 15) is 10.1 Å². The third kappa shape index (κ3) is 3.62. The molecular formula is C15H17ClN2O3. The Morgan fingerprint density at radius 1 is 1.38 bits per heavy atom. The first-order valence-corrected chi connectivity index (χ1v) is 6.99. The summed E-state index contributed by atoms with van der Waals surface area (Å²) in [6, 6.07) is 6.50. The first-order chi connectivity index (χ1) is 9.88. The van der Waals surface area contributed by atoms with Gasteiger partial charge >= 0.3 is 0 Å². The van der Waals surface area contributed by atoms with Crippen molar-refractivity contribution in [1.29, 1.82) is 0 Å². The highest BCUT2D eigenvalue weighted by Gasteiger charge is 2.14. The number of nitrogens with zero attached hydrogens (tertiary/aromatic N) is 1. The van der Waals surface area contributed by atoms with E-state index in [0.29, 0.717) is 17.1 Å². The van der Waals surface area contributed by atoms with Crippen molar-refractivity contribution in [2.75, 3.05) is 0 Å². The summed E-state index contributed by atoms with van der Waals surface area (Å²) in [6.45, 7) is 6.29. The number of hydrogen-bond donors (Lipinski definition) is 1. The summed E-state index contributed by atoms with van der Waals surface area (Å²) in [4.78, 5) is 10.4. The Morgan fingerprint density at radius 3 is 2.67 bits per heavy atom. The van der Waals surface area contributed by atoms with Gasteiger partial charge in [0, 0.05) is 35.3 Å². The molecule has 0 saturated carbocycles. The summed E-state index contributed by atoms with van der Waals surface area (Å²) in [5.41, 5.74) is 1.82. The number of hydrogen-bond acceptors (Lipinski definition) is 4. The van der Waals surface area contributed by atoms with Crippen LogP contribution in [0, 0.1) is 24.0 Å². The van der Waals surface area contributed by atoms with E-state index in [1.54, 1.807) is 6.07 Å². The zero-order valence-corrected chi connectivity index (χ0v) is 12.9. The van der Waals surface area contributed by atoms with Gasteiger partial charge in [0.1, 0.15) is 11.5 Å². The van der Waals surface area contributed by atoms with Crippen LogP contribution >= 0.6 is 11.6 Å². The van der Waals surface area contributed by atoms with E-state index in [1.807, 2.05) is 26.8 Å². The SMILES string of the molecule is Cc1cc(C(C)NCc2cc([N+](=O)[O-])ccc2Cl)c(C)o1. The zero-order valence-electron chi connectivity index (χ0n) is 12.1. The molecule has 1 N–H and O–H groups in total. The smallest absolute Gasteiger partial charge is 0.269 e. The number of rotatable bonds is 5. The summed E-state index contributed by atoms with van der Waals surface area (Å²) in [5, 5.41) is 14.6. The fourth-order valence-corrected chi connectivity index (χ4v) is 2.45.